The molecule has 0 aromatic carbocycles. The van der Waals surface area contributed by atoms with Crippen molar-refractivity contribution in [2.75, 3.05) is 13.6 Å². The average Bonchev–Trinajstić information content (AvgIpc) is 3.09. The Balaban J connectivity index is 1.66. The van der Waals surface area contributed by atoms with Gasteiger partial charge >= 0.3 is 0 Å². The number of carbonyl (C=O) groups is 1. The second-order valence-electron chi connectivity index (χ2n) is 8.05. The highest BCUT2D eigenvalue weighted by atomic mass is 35.5. The first kappa shape index (κ1) is 19.1. The first-order valence-electron chi connectivity index (χ1n) is 8.49. The van der Waals surface area contributed by atoms with E-state index < -0.39 is 10.0 Å². The Kier molecular flexibility index (Phi) is 4.76. The third-order valence-electron chi connectivity index (χ3n) is 6.71. The van der Waals surface area contributed by atoms with Crippen LogP contribution in [0.3, 0.4) is 0 Å². The number of halogens is 1. The SMILES string of the molecule is CN(CC(=O)N[C@@H]1C[C@H]2CC[C@@]1(C)C2(C)C)S(=O)(=O)c1ccc(Cl)s1. The molecular weight excluding hydrogens is 380 g/mol. The van der Waals surface area contributed by atoms with E-state index in [4.69, 9.17) is 11.6 Å². The molecule has 1 N–H and O–H groups in total. The van der Waals surface area contributed by atoms with Crippen molar-refractivity contribution in [2.24, 2.45) is 16.7 Å². The zero-order valence-electron chi connectivity index (χ0n) is 15.0. The van der Waals surface area contributed by atoms with Gasteiger partial charge in [-0.3, -0.25) is 4.79 Å². The predicted molar refractivity (Wildman–Crippen MR) is 100 cm³/mol. The van der Waals surface area contributed by atoms with E-state index in [0.29, 0.717) is 10.3 Å². The smallest absolute Gasteiger partial charge is 0.252 e. The van der Waals surface area contributed by atoms with Crippen LogP contribution >= 0.6 is 22.9 Å². The first-order chi connectivity index (χ1) is 11.5. The molecule has 140 valence electrons. The third-order valence-corrected chi connectivity index (χ3v) is 10.2. The van der Waals surface area contributed by atoms with Gasteiger partial charge in [-0.2, -0.15) is 4.31 Å². The van der Waals surface area contributed by atoms with Crippen LogP contribution in [0.4, 0.5) is 0 Å². The van der Waals surface area contributed by atoms with Crippen LogP contribution in [-0.4, -0.2) is 38.3 Å². The van der Waals surface area contributed by atoms with Gasteiger partial charge in [0.05, 0.1) is 10.9 Å². The Bertz CT molecular complexity index is 790. The van der Waals surface area contributed by atoms with Crippen LogP contribution in [0.1, 0.15) is 40.0 Å². The molecule has 2 aliphatic rings. The second-order valence-corrected chi connectivity index (χ2v) is 12.0. The van der Waals surface area contributed by atoms with E-state index in [1.807, 2.05) is 0 Å². The van der Waals surface area contributed by atoms with Crippen LogP contribution in [0, 0.1) is 16.7 Å². The molecule has 0 aliphatic heterocycles. The van der Waals surface area contributed by atoms with E-state index >= 15 is 0 Å². The maximum absolute atomic E-state index is 12.5. The number of hydrogen-bond acceptors (Lipinski definition) is 4. The highest BCUT2D eigenvalue weighted by molar-refractivity contribution is 7.91. The minimum absolute atomic E-state index is 0.0754. The van der Waals surface area contributed by atoms with Crippen LogP contribution in [0.2, 0.25) is 4.34 Å². The minimum Gasteiger partial charge on any atom is -0.352 e. The number of amides is 1. The Morgan fingerprint density at radius 2 is 2.08 bits per heavy atom. The molecule has 0 unspecified atom stereocenters. The molecule has 1 aromatic rings. The Hall–Kier alpha value is -0.630. The highest BCUT2D eigenvalue weighted by Gasteiger charge is 2.61. The number of likely N-dealkylation sites (N-methyl/N-ethyl adjacent to an activating group) is 1. The monoisotopic (exact) mass is 404 g/mol. The number of nitrogens with one attached hydrogen (secondary N) is 1. The number of thiophene rings is 1. The topological polar surface area (TPSA) is 66.5 Å². The standard InChI is InChI=1S/C17H25ClN2O3S2/c1-16(2)11-7-8-17(16,3)12(9-11)19-14(21)10-20(4)25(22,23)15-6-5-13(18)24-15/h5-6,11-12H,7-10H2,1-4H3,(H,19,21)/t11-,12-,17-/m1/s1. The summed E-state index contributed by atoms with van der Waals surface area (Å²) in [5.74, 6) is 0.376. The quantitative estimate of drug-likeness (QED) is 0.818. The zero-order valence-corrected chi connectivity index (χ0v) is 17.4. The van der Waals surface area contributed by atoms with Crippen molar-refractivity contribution in [3.8, 4) is 0 Å². The minimum atomic E-state index is -3.69. The lowest BCUT2D eigenvalue weighted by Crippen LogP contribution is -2.49. The van der Waals surface area contributed by atoms with Gasteiger partial charge in [0.1, 0.15) is 4.21 Å². The molecule has 0 radical (unpaired) electrons. The summed E-state index contributed by atoms with van der Waals surface area (Å²) in [4.78, 5) is 12.5. The number of nitrogens with zero attached hydrogens (tertiary/aromatic N) is 1. The molecule has 2 bridgehead atoms. The van der Waals surface area contributed by atoms with Gasteiger partial charge in [-0.05, 0) is 48.1 Å². The molecule has 2 aliphatic carbocycles. The molecule has 8 heteroatoms. The maximum atomic E-state index is 12.5. The summed E-state index contributed by atoms with van der Waals surface area (Å²) in [6.45, 7) is 6.64. The van der Waals surface area contributed by atoms with Gasteiger partial charge in [-0.25, -0.2) is 8.42 Å². The number of rotatable bonds is 5. The van der Waals surface area contributed by atoms with Crippen LogP contribution in [0.25, 0.3) is 0 Å². The fourth-order valence-electron chi connectivity index (χ4n) is 4.54. The van der Waals surface area contributed by atoms with Crippen molar-refractivity contribution in [3.05, 3.63) is 16.5 Å². The zero-order chi connectivity index (χ0) is 18.6. The molecule has 25 heavy (non-hydrogen) atoms. The van der Waals surface area contributed by atoms with E-state index in [1.165, 1.54) is 19.5 Å². The first-order valence-corrected chi connectivity index (χ1v) is 11.1. The van der Waals surface area contributed by atoms with Gasteiger partial charge in [0, 0.05) is 13.1 Å². The summed E-state index contributed by atoms with van der Waals surface area (Å²) in [6, 6.07) is 3.13. The molecule has 2 fully saturated rings. The van der Waals surface area contributed by atoms with Crippen LogP contribution in [0.5, 0.6) is 0 Å². The van der Waals surface area contributed by atoms with E-state index in [-0.39, 0.29) is 33.5 Å². The molecule has 1 aromatic heterocycles. The summed E-state index contributed by atoms with van der Waals surface area (Å²) < 4.78 is 26.7. The summed E-state index contributed by atoms with van der Waals surface area (Å²) in [6.07, 6.45) is 3.30. The maximum Gasteiger partial charge on any atom is 0.252 e. The highest BCUT2D eigenvalue weighted by Crippen LogP contribution is 2.65. The summed E-state index contributed by atoms with van der Waals surface area (Å²) >= 11 is 6.82. The number of fused-ring (bicyclic) bond motifs is 2. The Morgan fingerprint density at radius 1 is 1.40 bits per heavy atom. The molecular formula is C17H25ClN2O3S2. The number of sulfonamides is 1. The number of carbonyl (C=O) groups excluding carboxylic acids is 1. The van der Waals surface area contributed by atoms with Crippen LogP contribution in [-0.2, 0) is 14.8 Å². The van der Waals surface area contributed by atoms with Crippen molar-refractivity contribution >= 4 is 38.9 Å². The predicted octanol–water partition coefficient (Wildman–Crippen LogP) is 3.35. The summed E-state index contributed by atoms with van der Waals surface area (Å²) in [7, 11) is -2.26. The second kappa shape index (κ2) is 6.22. The fourth-order valence-corrected chi connectivity index (χ4v) is 7.36. The lowest BCUT2D eigenvalue weighted by Gasteiger charge is -2.39. The molecule has 3 atom stereocenters. The third kappa shape index (κ3) is 3.03. The molecule has 2 saturated carbocycles. The molecule has 5 nitrogen and oxygen atoms in total. The van der Waals surface area contributed by atoms with Crippen LogP contribution < -0.4 is 5.32 Å². The van der Waals surface area contributed by atoms with Gasteiger partial charge < -0.3 is 5.32 Å². The molecule has 0 saturated heterocycles. The van der Waals surface area contributed by atoms with E-state index in [9.17, 15) is 13.2 Å². The fraction of sp³-hybridized carbons (Fsp3) is 0.706. The van der Waals surface area contributed by atoms with Crippen molar-refractivity contribution in [1.82, 2.24) is 9.62 Å². The van der Waals surface area contributed by atoms with Crippen molar-refractivity contribution in [3.63, 3.8) is 0 Å². The normalized spacial score (nSPS) is 30.8. The largest absolute Gasteiger partial charge is 0.352 e. The van der Waals surface area contributed by atoms with E-state index in [1.54, 1.807) is 6.07 Å². The average molecular weight is 405 g/mol. The van der Waals surface area contributed by atoms with Gasteiger partial charge in [0.2, 0.25) is 5.91 Å². The summed E-state index contributed by atoms with van der Waals surface area (Å²) in [5.41, 5.74) is 0.280. The van der Waals surface area contributed by atoms with Crippen molar-refractivity contribution in [1.29, 1.82) is 0 Å². The Labute approximate surface area is 158 Å². The van der Waals surface area contributed by atoms with Gasteiger partial charge in [-0.15, -0.1) is 11.3 Å². The van der Waals surface area contributed by atoms with Gasteiger partial charge in [0.15, 0.2) is 0 Å². The summed E-state index contributed by atoms with van der Waals surface area (Å²) in [5, 5.41) is 3.10. The molecule has 1 heterocycles. The number of hydrogen-bond donors (Lipinski definition) is 1. The van der Waals surface area contributed by atoms with Gasteiger partial charge in [0.25, 0.3) is 10.0 Å². The molecule has 3 rings (SSSR count). The van der Waals surface area contributed by atoms with Gasteiger partial charge in [-0.1, -0.05) is 32.4 Å². The van der Waals surface area contributed by atoms with Crippen molar-refractivity contribution in [2.45, 2.75) is 50.3 Å². The van der Waals surface area contributed by atoms with E-state index in [2.05, 4.69) is 26.1 Å². The van der Waals surface area contributed by atoms with Crippen molar-refractivity contribution < 1.29 is 13.2 Å². The molecule has 1 amide bonds. The molecule has 0 spiro atoms. The lowest BCUT2D eigenvalue weighted by atomic mass is 9.69. The van der Waals surface area contributed by atoms with Crippen LogP contribution in [0.15, 0.2) is 16.3 Å². The van der Waals surface area contributed by atoms with E-state index in [0.717, 1.165) is 28.5 Å². The Morgan fingerprint density at radius 3 is 2.56 bits per heavy atom. The lowest BCUT2D eigenvalue weighted by molar-refractivity contribution is -0.122.